The second kappa shape index (κ2) is 8.17. The van der Waals surface area contributed by atoms with Crippen molar-refractivity contribution in [1.29, 1.82) is 0 Å². The lowest BCUT2D eigenvalue weighted by molar-refractivity contribution is 0.0550. The fraction of sp³-hybridized carbons (Fsp3) is 0.458. The third-order valence-corrected chi connectivity index (χ3v) is 6.44. The van der Waals surface area contributed by atoms with Gasteiger partial charge in [-0.2, -0.15) is 0 Å². The molecular weight excluding hydrogens is 381 g/mol. The van der Waals surface area contributed by atoms with Crippen LogP contribution in [0.5, 0.6) is 0 Å². The van der Waals surface area contributed by atoms with Crippen LogP contribution in [0.1, 0.15) is 65.8 Å². The zero-order chi connectivity index (χ0) is 21.4. The zero-order valence-corrected chi connectivity index (χ0v) is 17.7. The SMILES string of the molecule is Cc1c(F)cc(C(=O)NC2CC2)cc1-c1ccc(C(=O)N2CCCC(C)C2C)cn1. The smallest absolute Gasteiger partial charge is 0.255 e. The zero-order valence-electron chi connectivity index (χ0n) is 17.7. The van der Waals surface area contributed by atoms with Crippen LogP contribution < -0.4 is 5.32 Å². The van der Waals surface area contributed by atoms with E-state index in [9.17, 15) is 14.0 Å². The molecular formula is C24H28FN3O2. The maximum absolute atomic E-state index is 14.5. The molecule has 0 radical (unpaired) electrons. The maximum Gasteiger partial charge on any atom is 0.255 e. The van der Waals surface area contributed by atoms with Gasteiger partial charge in [-0.1, -0.05) is 6.92 Å². The van der Waals surface area contributed by atoms with Crippen LogP contribution in [0.2, 0.25) is 0 Å². The number of pyridine rings is 1. The first-order valence-corrected chi connectivity index (χ1v) is 10.7. The van der Waals surface area contributed by atoms with E-state index in [1.165, 1.54) is 6.07 Å². The van der Waals surface area contributed by atoms with Crippen LogP contribution in [0.15, 0.2) is 30.5 Å². The average molecular weight is 410 g/mol. The summed E-state index contributed by atoms with van der Waals surface area (Å²) >= 11 is 0. The molecule has 1 aromatic carbocycles. The molecule has 1 saturated heterocycles. The molecule has 2 aliphatic rings. The average Bonchev–Trinajstić information content (AvgIpc) is 3.55. The minimum Gasteiger partial charge on any atom is -0.349 e. The predicted molar refractivity (Wildman–Crippen MR) is 114 cm³/mol. The van der Waals surface area contributed by atoms with E-state index in [1.54, 1.807) is 31.3 Å². The van der Waals surface area contributed by atoms with E-state index < -0.39 is 5.82 Å². The van der Waals surface area contributed by atoms with Gasteiger partial charge >= 0.3 is 0 Å². The van der Waals surface area contributed by atoms with Gasteiger partial charge in [0, 0.05) is 36.0 Å². The minimum absolute atomic E-state index is 0.0198. The minimum atomic E-state index is -0.438. The summed E-state index contributed by atoms with van der Waals surface area (Å²) in [4.78, 5) is 31.7. The van der Waals surface area contributed by atoms with Crippen LogP contribution in [0.4, 0.5) is 4.39 Å². The van der Waals surface area contributed by atoms with Crippen molar-refractivity contribution in [3.8, 4) is 11.3 Å². The van der Waals surface area contributed by atoms with E-state index in [0.717, 1.165) is 32.2 Å². The van der Waals surface area contributed by atoms with E-state index in [0.29, 0.717) is 28.3 Å². The van der Waals surface area contributed by atoms with Gasteiger partial charge in [0.1, 0.15) is 5.82 Å². The highest BCUT2D eigenvalue weighted by molar-refractivity contribution is 5.96. The highest BCUT2D eigenvalue weighted by Gasteiger charge is 2.29. The maximum atomic E-state index is 14.5. The van der Waals surface area contributed by atoms with Gasteiger partial charge < -0.3 is 10.2 Å². The molecule has 158 valence electrons. The lowest BCUT2D eigenvalue weighted by Gasteiger charge is -2.38. The number of halogens is 1. The van der Waals surface area contributed by atoms with Gasteiger partial charge in [-0.15, -0.1) is 0 Å². The number of benzene rings is 1. The molecule has 1 aromatic heterocycles. The molecule has 1 aliphatic carbocycles. The van der Waals surface area contributed by atoms with Crippen molar-refractivity contribution in [2.24, 2.45) is 5.92 Å². The number of carbonyl (C=O) groups excluding carboxylic acids is 2. The first kappa shape index (κ1) is 20.5. The number of carbonyl (C=O) groups is 2. The van der Waals surface area contributed by atoms with Gasteiger partial charge in [0.05, 0.1) is 11.3 Å². The van der Waals surface area contributed by atoms with Crippen LogP contribution in [-0.2, 0) is 0 Å². The first-order valence-electron chi connectivity index (χ1n) is 10.7. The number of amides is 2. The van der Waals surface area contributed by atoms with Crippen LogP contribution >= 0.6 is 0 Å². The van der Waals surface area contributed by atoms with Crippen LogP contribution in [0.3, 0.4) is 0 Å². The summed E-state index contributed by atoms with van der Waals surface area (Å²) in [6.45, 7) is 6.70. The van der Waals surface area contributed by atoms with E-state index >= 15 is 0 Å². The summed E-state index contributed by atoms with van der Waals surface area (Å²) in [7, 11) is 0. The Labute approximate surface area is 176 Å². The molecule has 5 nitrogen and oxygen atoms in total. The molecule has 2 aromatic rings. The highest BCUT2D eigenvalue weighted by atomic mass is 19.1. The molecule has 2 fully saturated rings. The van der Waals surface area contributed by atoms with Gasteiger partial charge in [-0.05, 0) is 75.3 Å². The molecule has 2 amide bonds. The standard InChI is InChI=1S/C24H28FN3O2/c1-14-5-4-10-28(16(14)3)24(30)17-6-9-22(26-13-17)20-11-18(12-21(25)15(20)2)23(29)27-19-7-8-19/h6,9,11-14,16,19H,4-5,7-8,10H2,1-3H3,(H,27,29). The Bertz CT molecular complexity index is 969. The monoisotopic (exact) mass is 409 g/mol. The van der Waals surface area contributed by atoms with Crippen LogP contribution in [0.25, 0.3) is 11.3 Å². The van der Waals surface area contributed by atoms with Crippen molar-refractivity contribution < 1.29 is 14.0 Å². The highest BCUT2D eigenvalue weighted by Crippen LogP contribution is 2.28. The van der Waals surface area contributed by atoms with Crippen molar-refractivity contribution >= 4 is 11.8 Å². The second-order valence-electron chi connectivity index (χ2n) is 8.67. The first-order chi connectivity index (χ1) is 14.3. The Morgan fingerprint density at radius 3 is 2.57 bits per heavy atom. The fourth-order valence-electron chi connectivity index (χ4n) is 4.04. The number of likely N-dealkylation sites (tertiary alicyclic amines) is 1. The summed E-state index contributed by atoms with van der Waals surface area (Å²) in [6, 6.07) is 6.82. The van der Waals surface area contributed by atoms with Gasteiger partial charge in [-0.3, -0.25) is 14.6 Å². The number of aromatic nitrogens is 1. The topological polar surface area (TPSA) is 62.3 Å². The van der Waals surface area contributed by atoms with E-state index in [1.807, 2.05) is 4.90 Å². The molecule has 6 heteroatoms. The van der Waals surface area contributed by atoms with Crippen molar-refractivity contribution in [3.05, 3.63) is 53.0 Å². The molecule has 0 bridgehead atoms. The summed E-state index contributed by atoms with van der Waals surface area (Å²) in [5.41, 5.74) is 2.36. The molecule has 30 heavy (non-hydrogen) atoms. The molecule has 2 heterocycles. The third-order valence-electron chi connectivity index (χ3n) is 6.44. The molecule has 1 saturated carbocycles. The summed E-state index contributed by atoms with van der Waals surface area (Å²) < 4.78 is 14.5. The van der Waals surface area contributed by atoms with E-state index in [2.05, 4.69) is 24.1 Å². The van der Waals surface area contributed by atoms with Crippen molar-refractivity contribution in [1.82, 2.24) is 15.2 Å². The van der Waals surface area contributed by atoms with E-state index in [-0.39, 0.29) is 29.5 Å². The fourth-order valence-corrected chi connectivity index (χ4v) is 4.04. The quantitative estimate of drug-likeness (QED) is 0.817. The Balaban J connectivity index is 1.58. The number of nitrogens with zero attached hydrogens (tertiary/aromatic N) is 2. The van der Waals surface area contributed by atoms with Crippen LogP contribution in [-0.4, -0.2) is 40.3 Å². The summed E-state index contributed by atoms with van der Waals surface area (Å²) in [6.07, 6.45) is 5.64. The lowest BCUT2D eigenvalue weighted by atomic mass is 9.91. The second-order valence-corrected chi connectivity index (χ2v) is 8.67. The normalized spacial score (nSPS) is 21.4. The number of hydrogen-bond acceptors (Lipinski definition) is 3. The number of rotatable bonds is 4. The molecule has 2 atom stereocenters. The third kappa shape index (κ3) is 4.09. The van der Waals surface area contributed by atoms with Gasteiger partial charge in [-0.25, -0.2) is 4.39 Å². The Morgan fingerprint density at radius 2 is 1.90 bits per heavy atom. The Morgan fingerprint density at radius 1 is 1.13 bits per heavy atom. The molecule has 4 rings (SSSR count). The predicted octanol–water partition coefficient (Wildman–Crippen LogP) is 4.35. The van der Waals surface area contributed by atoms with E-state index in [4.69, 9.17) is 0 Å². The number of piperidine rings is 1. The van der Waals surface area contributed by atoms with Gasteiger partial charge in [0.2, 0.25) is 0 Å². The van der Waals surface area contributed by atoms with Gasteiger partial charge in [0.25, 0.3) is 11.8 Å². The van der Waals surface area contributed by atoms with Crippen LogP contribution in [0, 0.1) is 18.7 Å². The molecule has 2 unspecified atom stereocenters. The summed E-state index contributed by atoms with van der Waals surface area (Å²) in [5.74, 6) is -0.247. The summed E-state index contributed by atoms with van der Waals surface area (Å²) in [5, 5.41) is 2.89. The van der Waals surface area contributed by atoms with Crippen molar-refractivity contribution in [3.63, 3.8) is 0 Å². The van der Waals surface area contributed by atoms with Gasteiger partial charge in [0.15, 0.2) is 0 Å². The largest absolute Gasteiger partial charge is 0.349 e. The van der Waals surface area contributed by atoms with Crippen molar-refractivity contribution in [2.75, 3.05) is 6.54 Å². The Kier molecular flexibility index (Phi) is 5.58. The number of hydrogen-bond donors (Lipinski definition) is 1. The Hall–Kier alpha value is -2.76. The van der Waals surface area contributed by atoms with Crippen molar-refractivity contribution in [2.45, 2.75) is 58.5 Å². The lowest BCUT2D eigenvalue weighted by Crippen LogP contribution is -2.46. The molecule has 0 spiro atoms. The molecule has 1 aliphatic heterocycles. The number of nitrogens with one attached hydrogen (secondary N) is 1. The molecule has 1 N–H and O–H groups in total.